The summed E-state index contributed by atoms with van der Waals surface area (Å²) in [5, 5.41) is 4.33. The Kier molecular flexibility index (Phi) is 4.63. The molecule has 0 bridgehead atoms. The van der Waals surface area contributed by atoms with E-state index in [9.17, 15) is 18.4 Å². The van der Waals surface area contributed by atoms with Crippen LogP contribution in [-0.4, -0.2) is 38.8 Å². The van der Waals surface area contributed by atoms with Crippen molar-refractivity contribution in [1.29, 1.82) is 0 Å². The first-order valence-corrected chi connectivity index (χ1v) is 8.39. The lowest BCUT2D eigenvalue weighted by molar-refractivity contribution is 0.0193. The Morgan fingerprint density at radius 2 is 1.89 bits per heavy atom. The minimum atomic E-state index is -1.05. The first-order valence-electron chi connectivity index (χ1n) is 8.39. The Hall–Kier alpha value is -2.97. The van der Waals surface area contributed by atoms with Gasteiger partial charge in [-0.3, -0.25) is 9.48 Å². The van der Waals surface area contributed by atoms with E-state index in [0.29, 0.717) is 18.8 Å². The molecular weight excluding hydrogens is 358 g/mol. The van der Waals surface area contributed by atoms with Gasteiger partial charge in [0.2, 0.25) is 0 Å². The minimum absolute atomic E-state index is 0.0733. The third kappa shape index (κ3) is 3.76. The highest BCUT2D eigenvalue weighted by Gasteiger charge is 2.31. The van der Waals surface area contributed by atoms with Gasteiger partial charge in [-0.05, 0) is 39.0 Å². The number of primary amides is 1. The minimum Gasteiger partial charge on any atom is -0.444 e. The summed E-state index contributed by atoms with van der Waals surface area (Å²) in [7, 11) is 0. The van der Waals surface area contributed by atoms with Crippen molar-refractivity contribution in [3.63, 3.8) is 0 Å². The Balaban J connectivity index is 1.99. The van der Waals surface area contributed by atoms with Gasteiger partial charge in [0.25, 0.3) is 5.91 Å². The van der Waals surface area contributed by atoms with Gasteiger partial charge < -0.3 is 15.4 Å². The second kappa shape index (κ2) is 6.64. The summed E-state index contributed by atoms with van der Waals surface area (Å²) >= 11 is 0. The van der Waals surface area contributed by atoms with E-state index in [1.165, 1.54) is 11.0 Å². The molecule has 1 aromatic carbocycles. The first-order chi connectivity index (χ1) is 12.6. The summed E-state index contributed by atoms with van der Waals surface area (Å²) in [5.74, 6) is -2.81. The number of nitrogens with zero attached hydrogens (tertiary/aromatic N) is 3. The first kappa shape index (κ1) is 18.8. The lowest BCUT2D eigenvalue weighted by Gasteiger charge is -2.30. The molecular formula is C18H20F2N4O3. The molecule has 0 radical (unpaired) electrons. The number of rotatable bonds is 2. The van der Waals surface area contributed by atoms with E-state index in [1.807, 2.05) is 0 Å². The number of ether oxygens (including phenoxy) is 1. The third-order valence-corrected chi connectivity index (χ3v) is 4.07. The quantitative estimate of drug-likeness (QED) is 0.870. The average Bonchev–Trinajstić information content (AvgIpc) is 2.94. The molecule has 0 saturated carbocycles. The highest BCUT2D eigenvalue weighted by Crippen LogP contribution is 2.29. The van der Waals surface area contributed by atoms with Gasteiger partial charge in [-0.15, -0.1) is 0 Å². The number of hydrogen-bond acceptors (Lipinski definition) is 4. The molecule has 0 fully saturated rings. The van der Waals surface area contributed by atoms with Crippen LogP contribution >= 0.6 is 0 Å². The van der Waals surface area contributed by atoms with Gasteiger partial charge in [-0.25, -0.2) is 13.6 Å². The van der Waals surface area contributed by atoms with Crippen molar-refractivity contribution in [2.75, 3.05) is 6.54 Å². The van der Waals surface area contributed by atoms with Crippen LogP contribution in [0.2, 0.25) is 0 Å². The van der Waals surface area contributed by atoms with Crippen LogP contribution < -0.4 is 5.73 Å². The van der Waals surface area contributed by atoms with Gasteiger partial charge in [0.05, 0.1) is 24.3 Å². The average molecular weight is 378 g/mol. The maximum Gasteiger partial charge on any atom is 0.410 e. The fourth-order valence-electron chi connectivity index (χ4n) is 2.90. The van der Waals surface area contributed by atoms with Gasteiger partial charge in [0.1, 0.15) is 11.3 Å². The van der Waals surface area contributed by atoms with Crippen molar-refractivity contribution in [2.45, 2.75) is 39.5 Å². The topological polar surface area (TPSA) is 90.4 Å². The van der Waals surface area contributed by atoms with Gasteiger partial charge in [-0.2, -0.15) is 5.10 Å². The van der Waals surface area contributed by atoms with Crippen molar-refractivity contribution in [3.05, 3.63) is 41.1 Å². The molecule has 0 saturated heterocycles. The summed E-state index contributed by atoms with van der Waals surface area (Å²) in [4.78, 5) is 25.8. The molecule has 2 amide bonds. The van der Waals surface area contributed by atoms with Crippen molar-refractivity contribution < 1.29 is 23.1 Å². The number of benzene rings is 1. The van der Waals surface area contributed by atoms with Crippen LogP contribution in [0.5, 0.6) is 0 Å². The van der Waals surface area contributed by atoms with E-state index < -0.39 is 29.2 Å². The van der Waals surface area contributed by atoms with Gasteiger partial charge >= 0.3 is 6.09 Å². The molecule has 1 aliphatic rings. The van der Waals surface area contributed by atoms with E-state index in [1.54, 1.807) is 25.5 Å². The van der Waals surface area contributed by atoms with Crippen LogP contribution in [0.3, 0.4) is 0 Å². The molecule has 3 rings (SSSR count). The maximum absolute atomic E-state index is 13.6. The second-order valence-electron chi connectivity index (χ2n) is 7.29. The molecule has 0 spiro atoms. The van der Waals surface area contributed by atoms with E-state index in [4.69, 9.17) is 10.5 Å². The molecule has 9 heteroatoms. The number of fused-ring (bicyclic) bond motifs is 1. The van der Waals surface area contributed by atoms with Crippen LogP contribution in [-0.2, 0) is 17.8 Å². The third-order valence-electron chi connectivity index (χ3n) is 4.07. The molecule has 2 N–H and O–H groups in total. The van der Waals surface area contributed by atoms with E-state index >= 15 is 0 Å². The molecule has 0 atom stereocenters. The molecule has 2 heterocycles. The summed E-state index contributed by atoms with van der Waals surface area (Å²) in [6.07, 6.45) is -0.514. The highest BCUT2D eigenvalue weighted by molar-refractivity contribution is 6.00. The van der Waals surface area contributed by atoms with Crippen molar-refractivity contribution >= 4 is 12.0 Å². The molecule has 0 unspecified atom stereocenters. The second-order valence-corrected chi connectivity index (χ2v) is 7.29. The summed E-state index contributed by atoms with van der Waals surface area (Å²) < 4.78 is 33.8. The lowest BCUT2D eigenvalue weighted by atomic mass is 10.0. The van der Waals surface area contributed by atoms with Gasteiger partial charge in [0, 0.05) is 12.1 Å². The summed E-state index contributed by atoms with van der Waals surface area (Å²) in [5.41, 5.74) is 5.76. The van der Waals surface area contributed by atoms with Crippen molar-refractivity contribution in [2.24, 2.45) is 5.73 Å². The largest absolute Gasteiger partial charge is 0.444 e. The van der Waals surface area contributed by atoms with Crippen LogP contribution in [0, 0.1) is 11.6 Å². The fourth-order valence-corrected chi connectivity index (χ4v) is 2.90. The molecule has 2 aromatic rings. The van der Waals surface area contributed by atoms with E-state index in [-0.39, 0.29) is 23.4 Å². The molecule has 7 nitrogen and oxygen atoms in total. The molecule has 0 aliphatic carbocycles. The maximum atomic E-state index is 13.6. The fraction of sp³-hybridized carbons (Fsp3) is 0.389. The Morgan fingerprint density at radius 3 is 2.48 bits per heavy atom. The number of hydrogen-bond donors (Lipinski definition) is 1. The zero-order valence-electron chi connectivity index (χ0n) is 15.3. The standard InChI is InChI=1S/C18H20F2N4O3/c1-18(2,3)27-17(26)23-6-7-24-13(9-23)14(16(21)25)15(22-24)10-4-5-11(19)12(20)8-10/h4-5,8H,6-7,9H2,1-3H3,(H2,21,25). The molecule has 144 valence electrons. The number of amides is 2. The van der Waals surface area contributed by atoms with Crippen LogP contribution in [0.25, 0.3) is 11.3 Å². The van der Waals surface area contributed by atoms with Crippen LogP contribution in [0.15, 0.2) is 18.2 Å². The summed E-state index contributed by atoms with van der Waals surface area (Å²) in [6, 6.07) is 3.24. The van der Waals surface area contributed by atoms with Crippen LogP contribution in [0.1, 0.15) is 36.8 Å². The molecule has 1 aliphatic heterocycles. The van der Waals surface area contributed by atoms with E-state index in [0.717, 1.165) is 12.1 Å². The van der Waals surface area contributed by atoms with Crippen molar-refractivity contribution in [3.8, 4) is 11.3 Å². The number of halogens is 2. The van der Waals surface area contributed by atoms with Crippen LogP contribution in [0.4, 0.5) is 13.6 Å². The van der Waals surface area contributed by atoms with Gasteiger partial charge in [-0.1, -0.05) is 0 Å². The molecule has 1 aromatic heterocycles. The van der Waals surface area contributed by atoms with Gasteiger partial charge in [0.15, 0.2) is 11.6 Å². The molecule has 27 heavy (non-hydrogen) atoms. The van der Waals surface area contributed by atoms with Crippen molar-refractivity contribution in [1.82, 2.24) is 14.7 Å². The predicted molar refractivity (Wildman–Crippen MR) is 92.7 cm³/mol. The Labute approximate surface area is 154 Å². The Bertz CT molecular complexity index is 918. The number of carbonyl (C=O) groups excluding carboxylic acids is 2. The zero-order valence-corrected chi connectivity index (χ0v) is 15.3. The number of nitrogens with two attached hydrogens (primary N) is 1. The normalized spacial score (nSPS) is 14.0. The predicted octanol–water partition coefficient (Wildman–Crippen LogP) is 2.68. The highest BCUT2D eigenvalue weighted by atomic mass is 19.2. The monoisotopic (exact) mass is 378 g/mol. The zero-order chi connectivity index (χ0) is 19.9. The number of carbonyl (C=O) groups is 2. The smallest absolute Gasteiger partial charge is 0.410 e. The van der Waals surface area contributed by atoms with E-state index in [2.05, 4.69) is 5.10 Å². The Morgan fingerprint density at radius 1 is 1.19 bits per heavy atom. The number of aromatic nitrogens is 2. The summed E-state index contributed by atoms with van der Waals surface area (Å²) in [6.45, 7) is 6.00. The SMILES string of the molecule is CC(C)(C)OC(=O)N1CCn2nc(-c3ccc(F)c(F)c3)c(C(N)=O)c2C1. The lowest BCUT2D eigenvalue weighted by Crippen LogP contribution is -2.42.